The van der Waals surface area contributed by atoms with E-state index in [-0.39, 0.29) is 0 Å². The van der Waals surface area contributed by atoms with Gasteiger partial charge in [0.15, 0.2) is 0 Å². The number of aryl methyl sites for hydroxylation is 3. The van der Waals surface area contributed by atoms with E-state index in [9.17, 15) is 0 Å². The van der Waals surface area contributed by atoms with Gasteiger partial charge in [0, 0.05) is 11.4 Å². The molecule has 0 atom stereocenters. The lowest BCUT2D eigenvalue weighted by Gasteiger charge is -2.09. The highest BCUT2D eigenvalue weighted by Gasteiger charge is 2.04. The van der Waals surface area contributed by atoms with Crippen LogP contribution in [0.3, 0.4) is 0 Å². The lowest BCUT2D eigenvalue weighted by atomic mass is 10.0. The first-order valence-corrected chi connectivity index (χ1v) is 10.8. The van der Waals surface area contributed by atoms with Crippen LogP contribution in [0.4, 0.5) is 0 Å². The Balaban J connectivity index is 2.52. The summed E-state index contributed by atoms with van der Waals surface area (Å²) in [7, 11) is 0. The highest BCUT2D eigenvalue weighted by Crippen LogP contribution is 2.15. The molecule has 0 aromatic carbocycles. The predicted molar refractivity (Wildman–Crippen MR) is 108 cm³/mol. The summed E-state index contributed by atoms with van der Waals surface area (Å²) in [6.07, 6.45) is 19.7. The second-order valence-corrected chi connectivity index (χ2v) is 7.39. The van der Waals surface area contributed by atoms with Crippen molar-refractivity contribution in [1.82, 2.24) is 4.98 Å². The Morgan fingerprint density at radius 1 is 0.542 bits per heavy atom. The highest BCUT2D eigenvalue weighted by atomic mass is 14.7. The average molecular weight is 332 g/mol. The Kier molecular flexibility index (Phi) is 12.8. The summed E-state index contributed by atoms with van der Waals surface area (Å²) in [5.41, 5.74) is 4.23. The highest BCUT2D eigenvalue weighted by molar-refractivity contribution is 5.22. The van der Waals surface area contributed by atoms with E-state index in [4.69, 9.17) is 4.98 Å². The number of hydrogen-bond donors (Lipinski definition) is 0. The molecule has 0 amide bonds. The lowest BCUT2D eigenvalue weighted by molar-refractivity contribution is 0.618. The molecule has 1 rings (SSSR count). The summed E-state index contributed by atoms with van der Waals surface area (Å²) in [6, 6.07) is 4.77. The number of pyridine rings is 1. The Morgan fingerprint density at radius 3 is 1.46 bits per heavy atom. The minimum Gasteiger partial charge on any atom is -0.258 e. The van der Waals surface area contributed by atoms with Gasteiger partial charge in [0.2, 0.25) is 0 Å². The van der Waals surface area contributed by atoms with Gasteiger partial charge >= 0.3 is 0 Å². The molecule has 0 aliphatic carbocycles. The Bertz CT molecular complexity index is 378. The molecule has 0 saturated heterocycles. The molecule has 24 heavy (non-hydrogen) atoms. The molecule has 0 unspecified atom stereocenters. The van der Waals surface area contributed by atoms with Crippen LogP contribution in [0, 0.1) is 0 Å². The van der Waals surface area contributed by atoms with Crippen molar-refractivity contribution in [3.8, 4) is 0 Å². The second-order valence-electron chi connectivity index (χ2n) is 7.39. The van der Waals surface area contributed by atoms with Gasteiger partial charge in [-0.25, -0.2) is 0 Å². The Labute approximate surface area is 151 Å². The standard InChI is InChI=1S/C23H41N/c1-4-7-10-12-14-17-22-19-21(16-9-6-3)20-23(24-22)18-15-13-11-8-5-2/h19-20H,4-18H2,1-3H3. The zero-order valence-electron chi connectivity index (χ0n) is 16.7. The van der Waals surface area contributed by atoms with E-state index in [0.29, 0.717) is 0 Å². The molecule has 1 aromatic rings. The van der Waals surface area contributed by atoms with Crippen LogP contribution in [-0.2, 0) is 19.3 Å². The Hall–Kier alpha value is -0.850. The third kappa shape index (κ3) is 10.1. The monoisotopic (exact) mass is 331 g/mol. The molecule has 0 spiro atoms. The quantitative estimate of drug-likeness (QED) is 0.304. The van der Waals surface area contributed by atoms with Gasteiger partial charge in [-0.15, -0.1) is 0 Å². The zero-order valence-corrected chi connectivity index (χ0v) is 16.7. The van der Waals surface area contributed by atoms with Crippen LogP contribution in [0.2, 0.25) is 0 Å². The van der Waals surface area contributed by atoms with Crippen molar-refractivity contribution in [1.29, 1.82) is 0 Å². The third-order valence-corrected chi connectivity index (χ3v) is 4.88. The van der Waals surface area contributed by atoms with Crippen LogP contribution in [0.1, 0.15) is 115 Å². The maximum Gasteiger partial charge on any atom is 0.0409 e. The van der Waals surface area contributed by atoms with E-state index < -0.39 is 0 Å². The minimum atomic E-state index is 1.17. The van der Waals surface area contributed by atoms with Gasteiger partial charge in [0.05, 0.1) is 0 Å². The zero-order chi connectivity index (χ0) is 17.5. The van der Waals surface area contributed by atoms with Gasteiger partial charge in [0.25, 0.3) is 0 Å². The molecular weight excluding hydrogens is 290 g/mol. The second kappa shape index (κ2) is 14.5. The summed E-state index contributed by atoms with van der Waals surface area (Å²) < 4.78 is 0. The van der Waals surface area contributed by atoms with Crippen molar-refractivity contribution in [2.45, 2.75) is 117 Å². The fraction of sp³-hybridized carbons (Fsp3) is 0.783. The van der Waals surface area contributed by atoms with Gasteiger partial charge in [-0.1, -0.05) is 78.6 Å². The molecule has 0 fully saturated rings. The van der Waals surface area contributed by atoms with E-state index in [1.807, 2.05) is 0 Å². The van der Waals surface area contributed by atoms with Gasteiger partial charge in [-0.2, -0.15) is 0 Å². The van der Waals surface area contributed by atoms with Crippen molar-refractivity contribution in [3.63, 3.8) is 0 Å². The molecule has 0 radical (unpaired) electrons. The number of unbranched alkanes of at least 4 members (excludes halogenated alkanes) is 9. The molecule has 0 aliphatic rings. The van der Waals surface area contributed by atoms with Crippen molar-refractivity contribution in [2.24, 2.45) is 0 Å². The van der Waals surface area contributed by atoms with Crippen LogP contribution in [0.25, 0.3) is 0 Å². The molecule has 0 bridgehead atoms. The molecule has 1 heterocycles. The SMILES string of the molecule is CCCCCCCc1cc(CCCC)cc(CCCCCCC)n1. The number of hydrogen-bond acceptors (Lipinski definition) is 1. The van der Waals surface area contributed by atoms with Crippen molar-refractivity contribution >= 4 is 0 Å². The first-order valence-electron chi connectivity index (χ1n) is 10.8. The maximum absolute atomic E-state index is 4.98. The molecular formula is C23H41N. The summed E-state index contributed by atoms with van der Waals surface area (Å²) in [5, 5.41) is 0. The van der Waals surface area contributed by atoms with Crippen molar-refractivity contribution in [2.75, 3.05) is 0 Å². The smallest absolute Gasteiger partial charge is 0.0409 e. The molecule has 0 N–H and O–H groups in total. The van der Waals surface area contributed by atoms with E-state index in [0.717, 1.165) is 0 Å². The molecule has 0 saturated carbocycles. The summed E-state index contributed by atoms with van der Waals surface area (Å²) in [4.78, 5) is 4.98. The molecule has 1 aromatic heterocycles. The van der Waals surface area contributed by atoms with Crippen LogP contribution >= 0.6 is 0 Å². The van der Waals surface area contributed by atoms with Gasteiger partial charge < -0.3 is 0 Å². The van der Waals surface area contributed by atoms with Crippen LogP contribution in [-0.4, -0.2) is 4.98 Å². The minimum absolute atomic E-state index is 1.17. The van der Waals surface area contributed by atoms with Crippen LogP contribution < -0.4 is 0 Å². The van der Waals surface area contributed by atoms with E-state index in [2.05, 4.69) is 32.9 Å². The molecule has 1 heteroatoms. The van der Waals surface area contributed by atoms with Gasteiger partial charge in [0.1, 0.15) is 0 Å². The van der Waals surface area contributed by atoms with Gasteiger partial charge in [-0.05, 0) is 56.2 Å². The maximum atomic E-state index is 4.98. The van der Waals surface area contributed by atoms with E-state index in [1.54, 1.807) is 0 Å². The van der Waals surface area contributed by atoms with Gasteiger partial charge in [-0.3, -0.25) is 4.98 Å². The van der Waals surface area contributed by atoms with Crippen molar-refractivity contribution in [3.05, 3.63) is 29.1 Å². The molecule has 138 valence electrons. The van der Waals surface area contributed by atoms with Crippen LogP contribution in [0.15, 0.2) is 12.1 Å². The summed E-state index contributed by atoms with van der Waals surface area (Å²) in [6.45, 7) is 6.85. The Morgan fingerprint density at radius 2 is 1.00 bits per heavy atom. The fourth-order valence-corrected chi connectivity index (χ4v) is 3.32. The fourth-order valence-electron chi connectivity index (χ4n) is 3.32. The van der Waals surface area contributed by atoms with Crippen LogP contribution in [0.5, 0.6) is 0 Å². The predicted octanol–water partition coefficient (Wildman–Crippen LogP) is 7.45. The average Bonchev–Trinajstić information content (AvgIpc) is 2.59. The normalized spacial score (nSPS) is 11.1. The first kappa shape index (κ1) is 21.2. The topological polar surface area (TPSA) is 12.9 Å². The molecule has 0 aliphatic heterocycles. The summed E-state index contributed by atoms with van der Waals surface area (Å²) in [5.74, 6) is 0. The number of aromatic nitrogens is 1. The molecule has 1 nitrogen and oxygen atoms in total. The van der Waals surface area contributed by atoms with E-state index in [1.165, 1.54) is 113 Å². The number of rotatable bonds is 15. The first-order chi connectivity index (χ1) is 11.8. The lowest BCUT2D eigenvalue weighted by Crippen LogP contribution is -2.00. The number of nitrogens with zero attached hydrogens (tertiary/aromatic N) is 1. The summed E-state index contributed by atoms with van der Waals surface area (Å²) >= 11 is 0. The van der Waals surface area contributed by atoms with Crippen molar-refractivity contribution < 1.29 is 0 Å². The van der Waals surface area contributed by atoms with E-state index >= 15 is 0 Å². The largest absolute Gasteiger partial charge is 0.258 e. The third-order valence-electron chi connectivity index (χ3n) is 4.88.